The van der Waals surface area contributed by atoms with E-state index in [0.29, 0.717) is 41.1 Å². The molecule has 0 unspecified atom stereocenters. The second-order valence-corrected chi connectivity index (χ2v) is 8.04. The predicted molar refractivity (Wildman–Crippen MR) is 121 cm³/mol. The molecule has 0 aliphatic heterocycles. The first-order chi connectivity index (χ1) is 14.9. The lowest BCUT2D eigenvalue weighted by Crippen LogP contribution is -2.22. The molecule has 2 amide bonds. The van der Waals surface area contributed by atoms with Crippen LogP contribution in [-0.4, -0.2) is 22.6 Å². The topological polar surface area (TPSA) is 104 Å². The lowest BCUT2D eigenvalue weighted by molar-refractivity contribution is 0.0953. The third kappa shape index (κ3) is 4.39. The maximum atomic E-state index is 12.8. The molecule has 1 aliphatic rings. The number of aromatic hydroxyl groups is 1. The number of fused-ring (bicyclic) bond motifs is 1. The number of aryl methyl sites for hydroxylation is 1. The highest BCUT2D eigenvalue weighted by Crippen LogP contribution is 2.31. The quantitative estimate of drug-likeness (QED) is 0.466. The maximum Gasteiger partial charge on any atom is 0.291 e. The van der Waals surface area contributed by atoms with Crippen molar-refractivity contribution in [2.45, 2.75) is 26.2 Å². The molecular formula is C23H20BrN3O4. The Morgan fingerprint density at radius 1 is 1.06 bits per heavy atom. The van der Waals surface area contributed by atoms with Gasteiger partial charge in [0.1, 0.15) is 11.5 Å². The number of nitrogens with one attached hydrogen (secondary N) is 2. The van der Waals surface area contributed by atoms with Gasteiger partial charge in [0.05, 0.1) is 11.4 Å². The SMILES string of the molecule is Cc1c(C(=O)Nc2ccccc2Br)oc2c1/C(=N/NC(=O)c1ccc(O)cc1)CCC2. The smallest absolute Gasteiger partial charge is 0.291 e. The van der Waals surface area contributed by atoms with E-state index in [1.165, 1.54) is 24.3 Å². The molecule has 4 rings (SSSR count). The molecule has 158 valence electrons. The van der Waals surface area contributed by atoms with E-state index >= 15 is 0 Å². The molecule has 0 radical (unpaired) electrons. The Morgan fingerprint density at radius 2 is 1.81 bits per heavy atom. The molecule has 0 saturated heterocycles. The summed E-state index contributed by atoms with van der Waals surface area (Å²) in [5, 5.41) is 16.5. The van der Waals surface area contributed by atoms with Gasteiger partial charge in [-0.3, -0.25) is 9.59 Å². The van der Waals surface area contributed by atoms with Gasteiger partial charge in [-0.25, -0.2) is 5.43 Å². The van der Waals surface area contributed by atoms with Crippen molar-refractivity contribution in [2.24, 2.45) is 5.10 Å². The lowest BCUT2D eigenvalue weighted by Gasteiger charge is -2.13. The lowest BCUT2D eigenvalue weighted by atomic mass is 9.93. The minimum Gasteiger partial charge on any atom is -0.508 e. The van der Waals surface area contributed by atoms with Gasteiger partial charge in [0, 0.05) is 27.6 Å². The summed E-state index contributed by atoms with van der Waals surface area (Å²) in [4.78, 5) is 25.2. The minimum absolute atomic E-state index is 0.0853. The van der Waals surface area contributed by atoms with E-state index < -0.39 is 0 Å². The number of nitrogens with zero attached hydrogens (tertiary/aromatic N) is 1. The number of halogens is 1. The molecule has 0 fully saturated rings. The summed E-state index contributed by atoms with van der Waals surface area (Å²) in [5.74, 6) is 0.292. The number of benzene rings is 2. The van der Waals surface area contributed by atoms with Gasteiger partial charge in [0.15, 0.2) is 5.76 Å². The number of para-hydroxylation sites is 1. The highest BCUT2D eigenvalue weighted by molar-refractivity contribution is 9.10. The first-order valence-electron chi connectivity index (χ1n) is 9.78. The fourth-order valence-corrected chi connectivity index (χ4v) is 3.92. The third-order valence-electron chi connectivity index (χ3n) is 5.08. The molecule has 7 nitrogen and oxygen atoms in total. The highest BCUT2D eigenvalue weighted by atomic mass is 79.9. The standard InChI is InChI=1S/C23H20BrN3O4/c1-13-20-18(26-27-22(29)14-9-11-15(28)12-10-14)7-4-8-19(20)31-21(13)23(30)25-17-6-3-2-5-16(17)24/h2-3,5-6,9-12,28H,4,7-8H2,1H3,(H,25,30)(H,27,29)/b26-18+. The minimum atomic E-state index is -0.382. The van der Waals surface area contributed by atoms with Gasteiger partial charge in [-0.05, 0) is 72.1 Å². The molecule has 0 saturated carbocycles. The normalized spacial score (nSPS) is 14.2. The van der Waals surface area contributed by atoms with Gasteiger partial charge < -0.3 is 14.8 Å². The molecule has 1 aliphatic carbocycles. The Hall–Kier alpha value is -3.39. The van der Waals surface area contributed by atoms with Crippen LogP contribution < -0.4 is 10.7 Å². The van der Waals surface area contributed by atoms with Crippen LogP contribution in [0, 0.1) is 6.92 Å². The van der Waals surface area contributed by atoms with Crippen LogP contribution in [0.2, 0.25) is 0 Å². The average molecular weight is 482 g/mol. The Labute approximate surface area is 187 Å². The number of carbonyl (C=O) groups is 2. The zero-order valence-corrected chi connectivity index (χ0v) is 18.3. The summed E-state index contributed by atoms with van der Waals surface area (Å²) in [6.07, 6.45) is 2.16. The van der Waals surface area contributed by atoms with Crippen LogP contribution in [0.5, 0.6) is 5.75 Å². The van der Waals surface area contributed by atoms with E-state index in [0.717, 1.165) is 16.5 Å². The van der Waals surface area contributed by atoms with Crippen molar-refractivity contribution in [3.8, 4) is 5.75 Å². The molecule has 1 aromatic heterocycles. The third-order valence-corrected chi connectivity index (χ3v) is 5.77. The summed E-state index contributed by atoms with van der Waals surface area (Å²) in [6, 6.07) is 13.3. The number of amides is 2. The average Bonchev–Trinajstić information content (AvgIpc) is 3.11. The van der Waals surface area contributed by atoms with Crippen LogP contribution in [0.25, 0.3) is 0 Å². The predicted octanol–water partition coefficient (Wildman–Crippen LogP) is 4.78. The van der Waals surface area contributed by atoms with Crippen LogP contribution in [0.4, 0.5) is 5.69 Å². The van der Waals surface area contributed by atoms with Gasteiger partial charge in [0.2, 0.25) is 0 Å². The van der Waals surface area contributed by atoms with Crippen molar-refractivity contribution in [1.82, 2.24) is 5.43 Å². The van der Waals surface area contributed by atoms with Crippen LogP contribution in [0.1, 0.15) is 50.6 Å². The van der Waals surface area contributed by atoms with Crippen molar-refractivity contribution in [3.05, 3.63) is 81.2 Å². The van der Waals surface area contributed by atoms with E-state index in [4.69, 9.17) is 4.42 Å². The maximum absolute atomic E-state index is 12.8. The molecule has 3 N–H and O–H groups in total. The molecular weight excluding hydrogens is 462 g/mol. The van der Waals surface area contributed by atoms with E-state index in [2.05, 4.69) is 31.8 Å². The van der Waals surface area contributed by atoms with Crippen molar-refractivity contribution in [1.29, 1.82) is 0 Å². The summed E-state index contributed by atoms with van der Waals surface area (Å²) >= 11 is 3.42. The van der Waals surface area contributed by atoms with Crippen molar-refractivity contribution in [2.75, 3.05) is 5.32 Å². The van der Waals surface area contributed by atoms with Crippen molar-refractivity contribution < 1.29 is 19.1 Å². The molecule has 0 spiro atoms. The van der Waals surface area contributed by atoms with Crippen LogP contribution in [0.3, 0.4) is 0 Å². The summed E-state index contributed by atoms with van der Waals surface area (Å²) < 4.78 is 6.67. The Kier molecular flexibility index (Phi) is 5.90. The summed E-state index contributed by atoms with van der Waals surface area (Å²) in [6.45, 7) is 1.82. The number of furan rings is 1. The zero-order chi connectivity index (χ0) is 22.0. The number of hydrogen-bond acceptors (Lipinski definition) is 5. The number of rotatable bonds is 4. The Bertz CT molecular complexity index is 1180. The van der Waals surface area contributed by atoms with E-state index in [9.17, 15) is 14.7 Å². The molecule has 0 bridgehead atoms. The second-order valence-electron chi connectivity index (χ2n) is 7.19. The number of phenols is 1. The largest absolute Gasteiger partial charge is 0.508 e. The molecule has 3 aromatic rings. The monoisotopic (exact) mass is 481 g/mol. The molecule has 31 heavy (non-hydrogen) atoms. The van der Waals surface area contributed by atoms with Crippen LogP contribution in [-0.2, 0) is 6.42 Å². The molecule has 0 atom stereocenters. The number of hydrazone groups is 1. The van der Waals surface area contributed by atoms with E-state index in [1.807, 2.05) is 25.1 Å². The van der Waals surface area contributed by atoms with Gasteiger partial charge in [0.25, 0.3) is 11.8 Å². The fraction of sp³-hybridized carbons (Fsp3) is 0.174. The van der Waals surface area contributed by atoms with E-state index in [1.54, 1.807) is 6.07 Å². The van der Waals surface area contributed by atoms with Gasteiger partial charge in [-0.1, -0.05) is 12.1 Å². The Balaban J connectivity index is 1.57. The highest BCUT2D eigenvalue weighted by Gasteiger charge is 2.28. The number of hydrogen-bond donors (Lipinski definition) is 3. The van der Waals surface area contributed by atoms with Gasteiger partial charge in [-0.15, -0.1) is 0 Å². The molecule has 2 aromatic carbocycles. The number of phenolic OH excluding ortho intramolecular Hbond substituents is 1. The van der Waals surface area contributed by atoms with Crippen molar-refractivity contribution in [3.63, 3.8) is 0 Å². The molecule has 8 heteroatoms. The second kappa shape index (κ2) is 8.77. The molecule has 1 heterocycles. The Morgan fingerprint density at radius 3 is 2.55 bits per heavy atom. The van der Waals surface area contributed by atoms with E-state index in [-0.39, 0.29) is 23.3 Å². The van der Waals surface area contributed by atoms with Gasteiger partial charge >= 0.3 is 0 Å². The fourth-order valence-electron chi connectivity index (χ4n) is 3.53. The zero-order valence-electron chi connectivity index (χ0n) is 16.7. The van der Waals surface area contributed by atoms with Gasteiger partial charge in [-0.2, -0.15) is 5.10 Å². The summed E-state index contributed by atoms with van der Waals surface area (Å²) in [7, 11) is 0. The van der Waals surface area contributed by atoms with Crippen LogP contribution >= 0.6 is 15.9 Å². The first kappa shape index (κ1) is 20.9. The number of anilines is 1. The number of carbonyl (C=O) groups excluding carboxylic acids is 2. The van der Waals surface area contributed by atoms with Crippen molar-refractivity contribution >= 4 is 39.1 Å². The van der Waals surface area contributed by atoms with Crippen LogP contribution in [0.15, 0.2) is 62.5 Å². The summed E-state index contributed by atoms with van der Waals surface area (Å²) in [5.41, 5.74) is 5.74. The first-order valence-corrected chi connectivity index (χ1v) is 10.6.